The number of furan rings is 1. The van der Waals surface area contributed by atoms with E-state index in [-0.39, 0.29) is 0 Å². The van der Waals surface area contributed by atoms with Gasteiger partial charge in [0, 0.05) is 17.0 Å². The molecule has 0 fully saturated rings. The van der Waals surface area contributed by atoms with Crippen molar-refractivity contribution in [2.75, 3.05) is 0 Å². The van der Waals surface area contributed by atoms with E-state index in [1.165, 1.54) is 0 Å². The highest BCUT2D eigenvalue weighted by Gasteiger charge is 2.21. The van der Waals surface area contributed by atoms with E-state index in [0.717, 1.165) is 55.5 Å². The molecule has 0 amide bonds. The lowest BCUT2D eigenvalue weighted by atomic mass is 10.1. The lowest BCUT2D eigenvalue weighted by Gasteiger charge is -2.07. The number of benzene rings is 3. The normalized spacial score (nSPS) is 12.2. The second-order valence-corrected chi connectivity index (χ2v) is 7.68. The van der Waals surface area contributed by atoms with Crippen LogP contribution in [0.15, 0.2) is 83.4 Å². The first-order valence-electron chi connectivity index (χ1n) is 9.94. The van der Waals surface area contributed by atoms with E-state index in [1.807, 2.05) is 12.1 Å². The van der Waals surface area contributed by atoms with Crippen LogP contribution in [0.4, 0.5) is 0 Å². The van der Waals surface area contributed by atoms with E-state index >= 15 is 0 Å². The molecule has 5 heteroatoms. The maximum Gasteiger partial charge on any atom is 0.227 e. The van der Waals surface area contributed by atoms with Gasteiger partial charge < -0.3 is 4.42 Å². The van der Waals surface area contributed by atoms with E-state index in [1.54, 1.807) is 6.20 Å². The van der Waals surface area contributed by atoms with Crippen LogP contribution >= 0.6 is 0 Å². The van der Waals surface area contributed by atoms with E-state index in [4.69, 9.17) is 9.40 Å². The molecule has 0 N–H and O–H groups in total. The van der Waals surface area contributed by atoms with Crippen molar-refractivity contribution in [2.45, 2.75) is 6.92 Å². The Balaban J connectivity index is 1.73. The predicted molar refractivity (Wildman–Crippen MR) is 119 cm³/mol. The fourth-order valence-corrected chi connectivity index (χ4v) is 4.59. The number of aromatic nitrogens is 4. The van der Waals surface area contributed by atoms with Crippen molar-refractivity contribution in [3.8, 4) is 5.69 Å². The van der Waals surface area contributed by atoms with Crippen LogP contribution in [0.2, 0.25) is 0 Å². The Kier molecular flexibility index (Phi) is 2.88. The molecule has 0 aliphatic rings. The molecule has 4 heterocycles. The molecule has 0 saturated heterocycles. The third kappa shape index (κ3) is 1.91. The van der Waals surface area contributed by atoms with Crippen LogP contribution in [0, 0.1) is 6.92 Å². The number of rotatable bonds is 1. The molecule has 0 aliphatic heterocycles. The van der Waals surface area contributed by atoms with Crippen molar-refractivity contribution in [1.82, 2.24) is 18.9 Å². The van der Waals surface area contributed by atoms with Crippen molar-refractivity contribution in [1.29, 1.82) is 0 Å². The Morgan fingerprint density at radius 1 is 0.800 bits per heavy atom. The highest BCUT2D eigenvalue weighted by molar-refractivity contribution is 6.07. The van der Waals surface area contributed by atoms with Gasteiger partial charge in [0.2, 0.25) is 11.5 Å². The zero-order valence-corrected chi connectivity index (χ0v) is 16.2. The maximum absolute atomic E-state index is 6.27. The first kappa shape index (κ1) is 15.8. The largest absolute Gasteiger partial charge is 0.435 e. The zero-order chi connectivity index (χ0) is 19.8. The standard InChI is InChI=1S/C25H16N4O/c1-15-13-17-16-7-6-12-26-24(16)30-23(17)22(14-15)29-21-11-5-4-10-20(21)28-19-9-3-2-8-18(19)27-25(28)29/h2-14H,1H3. The minimum absolute atomic E-state index is 0.653. The highest BCUT2D eigenvalue weighted by Crippen LogP contribution is 2.36. The number of fused-ring (bicyclic) bond motifs is 8. The topological polar surface area (TPSA) is 48.3 Å². The molecule has 30 heavy (non-hydrogen) atoms. The summed E-state index contributed by atoms with van der Waals surface area (Å²) in [7, 11) is 0. The van der Waals surface area contributed by atoms with E-state index in [2.05, 4.69) is 81.5 Å². The summed E-state index contributed by atoms with van der Waals surface area (Å²) in [6, 6.07) is 25.0. The summed E-state index contributed by atoms with van der Waals surface area (Å²) in [6.07, 6.45) is 1.77. The summed E-state index contributed by atoms with van der Waals surface area (Å²) in [5.41, 5.74) is 7.89. The van der Waals surface area contributed by atoms with Gasteiger partial charge in [-0.25, -0.2) is 9.97 Å². The van der Waals surface area contributed by atoms with Crippen molar-refractivity contribution in [3.63, 3.8) is 0 Å². The third-order valence-corrected chi connectivity index (χ3v) is 5.82. The van der Waals surface area contributed by atoms with Gasteiger partial charge >= 0.3 is 0 Å². The van der Waals surface area contributed by atoms with Crippen molar-refractivity contribution in [3.05, 3.63) is 84.6 Å². The molecular formula is C25H16N4O. The van der Waals surface area contributed by atoms with Crippen LogP contribution in [0.25, 0.3) is 55.6 Å². The van der Waals surface area contributed by atoms with Gasteiger partial charge in [-0.2, -0.15) is 0 Å². The Morgan fingerprint density at radius 3 is 2.50 bits per heavy atom. The zero-order valence-electron chi connectivity index (χ0n) is 16.2. The Bertz CT molecular complexity index is 1770. The fourth-order valence-electron chi connectivity index (χ4n) is 4.59. The molecule has 5 nitrogen and oxygen atoms in total. The van der Waals surface area contributed by atoms with E-state index in [0.29, 0.717) is 5.71 Å². The van der Waals surface area contributed by atoms with Gasteiger partial charge in [0.05, 0.1) is 27.8 Å². The molecule has 0 unspecified atom stereocenters. The molecule has 0 saturated carbocycles. The predicted octanol–water partition coefficient (Wildman–Crippen LogP) is 6.03. The third-order valence-electron chi connectivity index (χ3n) is 5.82. The lowest BCUT2D eigenvalue weighted by molar-refractivity contribution is 0.651. The molecule has 142 valence electrons. The van der Waals surface area contributed by atoms with Gasteiger partial charge in [-0.05, 0) is 61.0 Å². The number of nitrogens with zero attached hydrogens (tertiary/aromatic N) is 4. The summed E-state index contributed by atoms with van der Waals surface area (Å²) in [5, 5.41) is 2.10. The molecule has 7 aromatic rings. The lowest BCUT2D eigenvalue weighted by Crippen LogP contribution is -1.96. The molecule has 4 aromatic heterocycles. The van der Waals surface area contributed by atoms with Crippen LogP contribution in [0.1, 0.15) is 5.56 Å². The molecule has 0 atom stereocenters. The van der Waals surface area contributed by atoms with E-state index < -0.39 is 0 Å². The number of aryl methyl sites for hydroxylation is 1. The average Bonchev–Trinajstić information content (AvgIpc) is 3.42. The fraction of sp³-hybridized carbons (Fsp3) is 0.0400. The molecule has 0 spiro atoms. The maximum atomic E-state index is 6.27. The molecule has 3 aromatic carbocycles. The smallest absolute Gasteiger partial charge is 0.227 e. The molecular weight excluding hydrogens is 372 g/mol. The van der Waals surface area contributed by atoms with Crippen molar-refractivity contribution >= 4 is 49.9 Å². The summed E-state index contributed by atoms with van der Waals surface area (Å²) in [4.78, 5) is 9.42. The highest BCUT2D eigenvalue weighted by atomic mass is 16.3. The van der Waals surface area contributed by atoms with Crippen LogP contribution < -0.4 is 0 Å². The SMILES string of the molecule is Cc1cc(-n2c3ccccc3n3c4ccccc4nc23)c2oc3ncccc3c2c1. The first-order chi connectivity index (χ1) is 14.8. The van der Waals surface area contributed by atoms with Gasteiger partial charge in [0.1, 0.15) is 0 Å². The number of hydrogen-bond donors (Lipinski definition) is 0. The van der Waals surface area contributed by atoms with Gasteiger partial charge in [0.25, 0.3) is 0 Å². The van der Waals surface area contributed by atoms with Gasteiger partial charge in [0.15, 0.2) is 5.58 Å². The van der Waals surface area contributed by atoms with Gasteiger partial charge in [-0.15, -0.1) is 0 Å². The Morgan fingerprint density at radius 2 is 1.60 bits per heavy atom. The second kappa shape index (κ2) is 5.48. The number of hydrogen-bond acceptors (Lipinski definition) is 3. The number of imidazole rings is 2. The molecule has 0 bridgehead atoms. The van der Waals surface area contributed by atoms with E-state index in [9.17, 15) is 0 Å². The van der Waals surface area contributed by atoms with Crippen molar-refractivity contribution in [2.24, 2.45) is 0 Å². The molecule has 0 radical (unpaired) electrons. The minimum Gasteiger partial charge on any atom is -0.435 e. The Labute approximate surface area is 170 Å². The van der Waals surface area contributed by atoms with Crippen LogP contribution in [-0.4, -0.2) is 18.9 Å². The van der Waals surface area contributed by atoms with Crippen molar-refractivity contribution < 1.29 is 4.42 Å². The minimum atomic E-state index is 0.653. The Hall–Kier alpha value is -4.12. The number of pyridine rings is 1. The summed E-state index contributed by atoms with van der Waals surface area (Å²) < 4.78 is 10.7. The number of para-hydroxylation sites is 4. The summed E-state index contributed by atoms with van der Waals surface area (Å²) >= 11 is 0. The van der Waals surface area contributed by atoms with Crippen LogP contribution in [-0.2, 0) is 0 Å². The first-order valence-corrected chi connectivity index (χ1v) is 9.94. The quantitative estimate of drug-likeness (QED) is 0.345. The van der Waals surface area contributed by atoms with Crippen LogP contribution in [0.3, 0.4) is 0 Å². The van der Waals surface area contributed by atoms with Gasteiger partial charge in [-0.1, -0.05) is 24.3 Å². The average molecular weight is 388 g/mol. The summed E-state index contributed by atoms with van der Waals surface area (Å²) in [5.74, 6) is 0.873. The monoisotopic (exact) mass is 388 g/mol. The van der Waals surface area contributed by atoms with Crippen LogP contribution in [0.5, 0.6) is 0 Å². The molecule has 7 rings (SSSR count). The second-order valence-electron chi connectivity index (χ2n) is 7.68. The summed E-state index contributed by atoms with van der Waals surface area (Å²) in [6.45, 7) is 2.11. The molecule has 0 aliphatic carbocycles. The van der Waals surface area contributed by atoms with Gasteiger partial charge in [-0.3, -0.25) is 8.97 Å².